The molecular weight excluding hydrogens is 331 g/mol. The fourth-order valence-corrected chi connectivity index (χ4v) is 3.69. The number of anilines is 2. The SMILES string of the molecule is Fc1cnccc1CN1CCN(c2ccc(N3CCCCC3)nn2)CC1. The first-order valence-corrected chi connectivity index (χ1v) is 9.44. The highest BCUT2D eigenvalue weighted by molar-refractivity contribution is 5.45. The van der Waals surface area contributed by atoms with Crippen molar-refractivity contribution in [1.29, 1.82) is 0 Å². The second-order valence-electron chi connectivity index (χ2n) is 7.03. The van der Waals surface area contributed by atoms with Crippen LogP contribution in [0, 0.1) is 5.82 Å². The van der Waals surface area contributed by atoms with E-state index in [0.717, 1.165) is 50.9 Å². The normalized spacial score (nSPS) is 19.0. The number of halogens is 1. The Morgan fingerprint density at radius 2 is 1.46 bits per heavy atom. The molecule has 4 heterocycles. The van der Waals surface area contributed by atoms with E-state index in [1.165, 1.54) is 25.5 Å². The van der Waals surface area contributed by atoms with Crippen LogP contribution >= 0.6 is 0 Å². The molecule has 0 bridgehead atoms. The van der Waals surface area contributed by atoms with E-state index in [1.54, 1.807) is 12.3 Å². The Balaban J connectivity index is 1.32. The van der Waals surface area contributed by atoms with Crippen LogP contribution in [0.1, 0.15) is 24.8 Å². The molecule has 2 aliphatic heterocycles. The number of piperazine rings is 1. The van der Waals surface area contributed by atoms with Crippen LogP contribution in [0.5, 0.6) is 0 Å². The van der Waals surface area contributed by atoms with Gasteiger partial charge in [-0.05, 0) is 37.5 Å². The molecule has 2 fully saturated rings. The Kier molecular flexibility index (Phi) is 5.24. The monoisotopic (exact) mass is 356 g/mol. The predicted octanol–water partition coefficient (Wildman–Crippen LogP) is 2.32. The summed E-state index contributed by atoms with van der Waals surface area (Å²) in [7, 11) is 0. The molecule has 0 atom stereocenters. The molecule has 26 heavy (non-hydrogen) atoms. The van der Waals surface area contributed by atoms with Crippen molar-refractivity contribution in [2.75, 3.05) is 49.1 Å². The average molecular weight is 356 g/mol. The third kappa shape index (κ3) is 3.93. The summed E-state index contributed by atoms with van der Waals surface area (Å²) in [5.41, 5.74) is 0.708. The zero-order valence-corrected chi connectivity index (χ0v) is 15.0. The Morgan fingerprint density at radius 1 is 0.808 bits per heavy atom. The van der Waals surface area contributed by atoms with E-state index < -0.39 is 0 Å². The Labute approximate surface area is 153 Å². The van der Waals surface area contributed by atoms with Crippen LogP contribution in [0.25, 0.3) is 0 Å². The van der Waals surface area contributed by atoms with E-state index >= 15 is 0 Å². The molecule has 0 N–H and O–H groups in total. The number of rotatable bonds is 4. The van der Waals surface area contributed by atoms with Gasteiger partial charge in [-0.15, -0.1) is 10.2 Å². The van der Waals surface area contributed by atoms with Gasteiger partial charge in [0, 0.05) is 57.6 Å². The van der Waals surface area contributed by atoms with E-state index in [2.05, 4.69) is 42.0 Å². The van der Waals surface area contributed by atoms with Gasteiger partial charge in [-0.2, -0.15) is 0 Å². The van der Waals surface area contributed by atoms with Crippen molar-refractivity contribution in [3.05, 3.63) is 42.0 Å². The molecule has 4 rings (SSSR count). The fraction of sp³-hybridized carbons (Fsp3) is 0.526. The van der Waals surface area contributed by atoms with Crippen molar-refractivity contribution in [3.63, 3.8) is 0 Å². The predicted molar refractivity (Wildman–Crippen MR) is 99.8 cm³/mol. The highest BCUT2D eigenvalue weighted by Gasteiger charge is 2.20. The van der Waals surface area contributed by atoms with Crippen molar-refractivity contribution >= 4 is 11.6 Å². The second kappa shape index (κ2) is 7.95. The highest BCUT2D eigenvalue weighted by atomic mass is 19.1. The Hall–Kier alpha value is -2.28. The molecule has 0 spiro atoms. The van der Waals surface area contributed by atoms with Crippen molar-refractivity contribution < 1.29 is 4.39 Å². The average Bonchev–Trinajstić information content (AvgIpc) is 2.71. The van der Waals surface area contributed by atoms with Crippen LogP contribution < -0.4 is 9.80 Å². The maximum Gasteiger partial charge on any atom is 0.151 e. The van der Waals surface area contributed by atoms with E-state index in [-0.39, 0.29) is 5.82 Å². The number of aromatic nitrogens is 3. The number of pyridine rings is 1. The molecular formula is C19H25FN6. The number of piperidine rings is 1. The minimum atomic E-state index is -0.228. The van der Waals surface area contributed by atoms with Gasteiger partial charge in [0.25, 0.3) is 0 Å². The Bertz CT molecular complexity index is 708. The van der Waals surface area contributed by atoms with Crippen molar-refractivity contribution in [3.8, 4) is 0 Å². The third-order valence-corrected chi connectivity index (χ3v) is 5.26. The summed E-state index contributed by atoms with van der Waals surface area (Å²) in [6.45, 7) is 6.32. The van der Waals surface area contributed by atoms with Gasteiger partial charge < -0.3 is 9.80 Å². The van der Waals surface area contributed by atoms with Gasteiger partial charge in [0.15, 0.2) is 11.6 Å². The van der Waals surface area contributed by atoms with Gasteiger partial charge >= 0.3 is 0 Å². The van der Waals surface area contributed by atoms with Gasteiger partial charge in [0.1, 0.15) is 5.82 Å². The summed E-state index contributed by atoms with van der Waals surface area (Å²) >= 11 is 0. The number of hydrogen-bond donors (Lipinski definition) is 0. The van der Waals surface area contributed by atoms with Crippen molar-refractivity contribution in [1.82, 2.24) is 20.1 Å². The first-order valence-electron chi connectivity index (χ1n) is 9.44. The molecule has 0 amide bonds. The lowest BCUT2D eigenvalue weighted by Crippen LogP contribution is -2.46. The van der Waals surface area contributed by atoms with E-state index in [9.17, 15) is 4.39 Å². The van der Waals surface area contributed by atoms with E-state index in [0.29, 0.717) is 12.1 Å². The van der Waals surface area contributed by atoms with Gasteiger partial charge in [-0.3, -0.25) is 9.88 Å². The second-order valence-corrected chi connectivity index (χ2v) is 7.03. The molecule has 7 heteroatoms. The summed E-state index contributed by atoms with van der Waals surface area (Å²) in [4.78, 5) is 10.7. The summed E-state index contributed by atoms with van der Waals surface area (Å²) in [6, 6.07) is 5.92. The molecule has 6 nitrogen and oxygen atoms in total. The minimum Gasteiger partial charge on any atom is -0.355 e. The Morgan fingerprint density at radius 3 is 2.08 bits per heavy atom. The van der Waals surface area contributed by atoms with Crippen LogP contribution in [0.15, 0.2) is 30.6 Å². The molecule has 0 unspecified atom stereocenters. The van der Waals surface area contributed by atoms with Gasteiger partial charge in [-0.1, -0.05) is 0 Å². The molecule has 2 saturated heterocycles. The van der Waals surface area contributed by atoms with E-state index in [1.807, 2.05) is 0 Å². The molecule has 0 saturated carbocycles. The maximum absolute atomic E-state index is 13.8. The summed E-state index contributed by atoms with van der Waals surface area (Å²) in [5, 5.41) is 8.89. The van der Waals surface area contributed by atoms with Crippen molar-refractivity contribution in [2.24, 2.45) is 0 Å². The smallest absolute Gasteiger partial charge is 0.151 e. The van der Waals surface area contributed by atoms with E-state index in [4.69, 9.17) is 0 Å². The van der Waals surface area contributed by atoms with Gasteiger partial charge in [-0.25, -0.2) is 4.39 Å². The largest absolute Gasteiger partial charge is 0.355 e. The quantitative estimate of drug-likeness (QED) is 0.838. The molecule has 2 aliphatic rings. The van der Waals surface area contributed by atoms with Crippen molar-refractivity contribution in [2.45, 2.75) is 25.8 Å². The van der Waals surface area contributed by atoms with Crippen LogP contribution in [0.2, 0.25) is 0 Å². The van der Waals surface area contributed by atoms with Crippen LogP contribution in [0.3, 0.4) is 0 Å². The molecule has 0 aliphatic carbocycles. The molecule has 0 radical (unpaired) electrons. The fourth-order valence-electron chi connectivity index (χ4n) is 3.69. The molecule has 0 aromatic carbocycles. The molecule has 138 valence electrons. The van der Waals surface area contributed by atoms with Crippen LogP contribution in [0.4, 0.5) is 16.0 Å². The summed E-state index contributed by atoms with van der Waals surface area (Å²) in [5.74, 6) is 1.69. The lowest BCUT2D eigenvalue weighted by atomic mass is 10.1. The topological polar surface area (TPSA) is 48.4 Å². The molecule has 2 aromatic heterocycles. The number of hydrogen-bond acceptors (Lipinski definition) is 6. The summed E-state index contributed by atoms with van der Waals surface area (Å²) < 4.78 is 13.8. The maximum atomic E-state index is 13.8. The lowest BCUT2D eigenvalue weighted by Gasteiger charge is -2.35. The summed E-state index contributed by atoms with van der Waals surface area (Å²) in [6.07, 6.45) is 6.72. The zero-order chi connectivity index (χ0) is 17.8. The first-order chi connectivity index (χ1) is 12.8. The standard InChI is InChI=1S/C19H25FN6/c20-17-14-21-7-6-16(17)15-24-10-12-26(13-11-24)19-5-4-18(22-23-19)25-8-2-1-3-9-25/h4-7,14H,1-3,8-13,15H2. The third-order valence-electron chi connectivity index (χ3n) is 5.26. The van der Waals surface area contributed by atoms with Gasteiger partial charge in [0.05, 0.1) is 6.20 Å². The highest BCUT2D eigenvalue weighted by Crippen LogP contribution is 2.20. The lowest BCUT2D eigenvalue weighted by molar-refractivity contribution is 0.246. The zero-order valence-electron chi connectivity index (χ0n) is 15.0. The first kappa shape index (κ1) is 17.1. The minimum absolute atomic E-state index is 0.228. The van der Waals surface area contributed by atoms with Gasteiger partial charge in [0.2, 0.25) is 0 Å². The number of nitrogens with zero attached hydrogens (tertiary/aromatic N) is 6. The molecule has 2 aromatic rings. The van der Waals surface area contributed by atoms with Crippen LogP contribution in [-0.4, -0.2) is 59.3 Å². The van der Waals surface area contributed by atoms with Crippen LogP contribution in [-0.2, 0) is 6.54 Å².